The second-order valence-electron chi connectivity index (χ2n) is 3.62. The Morgan fingerprint density at radius 2 is 2.41 bits per heavy atom. The maximum absolute atomic E-state index is 11.3. The van der Waals surface area contributed by atoms with Crippen LogP contribution in [-0.4, -0.2) is 22.6 Å². The third kappa shape index (κ3) is 2.16. The number of carbonyl (C=O) groups excluding carboxylic acids is 1. The predicted molar refractivity (Wildman–Crippen MR) is 66.1 cm³/mol. The van der Waals surface area contributed by atoms with Crippen LogP contribution in [0.15, 0.2) is 17.8 Å². The van der Waals surface area contributed by atoms with Crippen LogP contribution in [0.1, 0.15) is 20.9 Å². The molecule has 0 saturated heterocycles. The lowest BCUT2D eigenvalue weighted by Crippen LogP contribution is -2.08. The molecule has 17 heavy (non-hydrogen) atoms. The Kier molecular flexibility index (Phi) is 3.14. The molecule has 6 heteroatoms. The summed E-state index contributed by atoms with van der Waals surface area (Å²) in [7, 11) is 1.31. The summed E-state index contributed by atoms with van der Waals surface area (Å²) in [5, 5.41) is 2.03. The molecule has 2 aromatic rings. The molecule has 0 atom stereocenters. The van der Waals surface area contributed by atoms with Crippen molar-refractivity contribution in [2.75, 3.05) is 12.8 Å². The van der Waals surface area contributed by atoms with Gasteiger partial charge >= 0.3 is 5.97 Å². The molecule has 2 rings (SSSR count). The monoisotopic (exact) mass is 251 g/mol. The first-order valence-electron chi connectivity index (χ1n) is 5.05. The van der Waals surface area contributed by atoms with E-state index in [1.54, 1.807) is 22.2 Å². The van der Waals surface area contributed by atoms with Crippen molar-refractivity contribution in [3.8, 4) is 0 Å². The number of methoxy groups -OCH3 is 1. The molecule has 90 valence electrons. The molecule has 0 fully saturated rings. The number of aryl methyl sites for hydroxylation is 1. The number of anilines is 1. The van der Waals surface area contributed by atoms with E-state index in [9.17, 15) is 4.79 Å². The Bertz CT molecular complexity index is 545. The summed E-state index contributed by atoms with van der Waals surface area (Å²) in [4.78, 5) is 16.5. The van der Waals surface area contributed by atoms with Gasteiger partial charge in [-0.3, -0.25) is 0 Å². The number of hydrogen-bond donors (Lipinski definition) is 1. The molecule has 2 heterocycles. The fraction of sp³-hybridized carbons (Fsp3) is 0.273. The van der Waals surface area contributed by atoms with Crippen LogP contribution in [-0.2, 0) is 11.3 Å². The standard InChI is InChI=1S/C11H13N3O2S/c1-7-3-4-17-8(7)5-14-6-13-9(10(14)12)11(15)16-2/h3-4,6H,5,12H2,1-2H3. The van der Waals surface area contributed by atoms with E-state index in [4.69, 9.17) is 5.73 Å². The average Bonchev–Trinajstić information content (AvgIpc) is 2.87. The number of thiophene rings is 1. The number of rotatable bonds is 3. The van der Waals surface area contributed by atoms with Crippen molar-refractivity contribution in [3.63, 3.8) is 0 Å². The minimum atomic E-state index is -0.510. The number of aromatic nitrogens is 2. The van der Waals surface area contributed by atoms with Crippen molar-refractivity contribution in [2.45, 2.75) is 13.5 Å². The van der Waals surface area contributed by atoms with Crippen molar-refractivity contribution in [2.24, 2.45) is 0 Å². The van der Waals surface area contributed by atoms with Crippen molar-refractivity contribution in [1.82, 2.24) is 9.55 Å². The summed E-state index contributed by atoms with van der Waals surface area (Å²) >= 11 is 1.66. The van der Waals surface area contributed by atoms with E-state index >= 15 is 0 Å². The first-order valence-corrected chi connectivity index (χ1v) is 5.93. The van der Waals surface area contributed by atoms with Gasteiger partial charge in [0.1, 0.15) is 5.82 Å². The quantitative estimate of drug-likeness (QED) is 0.842. The molecule has 5 nitrogen and oxygen atoms in total. The molecule has 0 bridgehead atoms. The molecule has 0 aromatic carbocycles. The van der Waals surface area contributed by atoms with Gasteiger partial charge in [-0.2, -0.15) is 0 Å². The Balaban J connectivity index is 2.26. The van der Waals surface area contributed by atoms with Crippen LogP contribution in [0.5, 0.6) is 0 Å². The van der Waals surface area contributed by atoms with Gasteiger partial charge in [0.25, 0.3) is 0 Å². The summed E-state index contributed by atoms with van der Waals surface area (Å²) < 4.78 is 6.34. The topological polar surface area (TPSA) is 70.1 Å². The molecule has 0 saturated carbocycles. The van der Waals surface area contributed by atoms with Crippen molar-refractivity contribution in [3.05, 3.63) is 33.9 Å². The van der Waals surface area contributed by atoms with Gasteiger partial charge in [-0.05, 0) is 23.9 Å². The molecule has 0 aliphatic carbocycles. The summed E-state index contributed by atoms with van der Waals surface area (Å²) in [6.45, 7) is 2.67. The normalized spacial score (nSPS) is 10.5. The van der Waals surface area contributed by atoms with Crippen LogP contribution in [0.2, 0.25) is 0 Å². The largest absolute Gasteiger partial charge is 0.464 e. The number of nitrogens with zero attached hydrogens (tertiary/aromatic N) is 2. The van der Waals surface area contributed by atoms with Crippen molar-refractivity contribution < 1.29 is 9.53 Å². The Morgan fingerprint density at radius 3 is 3.00 bits per heavy atom. The Labute approximate surface area is 103 Å². The van der Waals surface area contributed by atoms with Gasteiger partial charge in [0.2, 0.25) is 0 Å². The van der Waals surface area contributed by atoms with Gasteiger partial charge in [0, 0.05) is 4.88 Å². The van der Waals surface area contributed by atoms with Crippen LogP contribution >= 0.6 is 11.3 Å². The second kappa shape index (κ2) is 4.58. The number of imidazole rings is 1. The smallest absolute Gasteiger partial charge is 0.360 e. The lowest BCUT2D eigenvalue weighted by molar-refractivity contribution is 0.0596. The van der Waals surface area contributed by atoms with Gasteiger partial charge in [-0.25, -0.2) is 9.78 Å². The Hall–Kier alpha value is -1.82. The van der Waals surface area contributed by atoms with E-state index in [0.717, 1.165) is 0 Å². The van der Waals surface area contributed by atoms with Gasteiger partial charge in [-0.15, -0.1) is 11.3 Å². The minimum absolute atomic E-state index is 0.168. The summed E-state index contributed by atoms with van der Waals surface area (Å²) in [5.74, 6) is -0.172. The van der Waals surface area contributed by atoms with Crippen LogP contribution in [0.25, 0.3) is 0 Å². The van der Waals surface area contributed by atoms with Crippen LogP contribution < -0.4 is 5.73 Å². The van der Waals surface area contributed by atoms with Gasteiger partial charge < -0.3 is 15.0 Å². The highest BCUT2D eigenvalue weighted by atomic mass is 32.1. The molecule has 0 unspecified atom stereocenters. The van der Waals surface area contributed by atoms with Crippen LogP contribution in [0.4, 0.5) is 5.82 Å². The number of hydrogen-bond acceptors (Lipinski definition) is 5. The van der Waals surface area contributed by atoms with E-state index in [1.165, 1.54) is 17.6 Å². The fourth-order valence-corrected chi connectivity index (χ4v) is 2.40. The van der Waals surface area contributed by atoms with Crippen molar-refractivity contribution >= 4 is 23.1 Å². The van der Waals surface area contributed by atoms with Crippen LogP contribution in [0, 0.1) is 6.92 Å². The summed E-state index contributed by atoms with van der Waals surface area (Å²) in [6, 6.07) is 2.05. The molecular formula is C11H13N3O2S. The lowest BCUT2D eigenvalue weighted by atomic mass is 10.3. The maximum Gasteiger partial charge on any atom is 0.360 e. The molecule has 2 aromatic heterocycles. The zero-order valence-electron chi connectivity index (χ0n) is 9.64. The first kappa shape index (κ1) is 11.7. The highest BCUT2D eigenvalue weighted by Crippen LogP contribution is 2.20. The second-order valence-corrected chi connectivity index (χ2v) is 4.63. The van der Waals surface area contributed by atoms with E-state index in [2.05, 4.69) is 9.72 Å². The molecular weight excluding hydrogens is 238 g/mol. The summed E-state index contributed by atoms with van der Waals surface area (Å²) in [5.41, 5.74) is 7.23. The van der Waals surface area contributed by atoms with E-state index in [0.29, 0.717) is 12.4 Å². The molecule has 2 N–H and O–H groups in total. The van der Waals surface area contributed by atoms with E-state index in [-0.39, 0.29) is 5.69 Å². The van der Waals surface area contributed by atoms with Gasteiger partial charge in [0.05, 0.1) is 20.0 Å². The lowest BCUT2D eigenvalue weighted by Gasteiger charge is -2.04. The van der Waals surface area contributed by atoms with E-state index in [1.807, 2.05) is 18.4 Å². The number of nitrogens with two attached hydrogens (primary N) is 1. The average molecular weight is 251 g/mol. The first-order chi connectivity index (χ1) is 8.13. The SMILES string of the molecule is COC(=O)c1ncn(Cc2sccc2C)c1N. The molecule has 0 amide bonds. The molecule has 0 spiro atoms. The Morgan fingerprint density at radius 1 is 1.65 bits per heavy atom. The van der Waals surface area contributed by atoms with E-state index < -0.39 is 5.97 Å². The van der Waals surface area contributed by atoms with Gasteiger partial charge in [0.15, 0.2) is 5.69 Å². The number of esters is 1. The highest BCUT2D eigenvalue weighted by Gasteiger charge is 2.16. The zero-order valence-corrected chi connectivity index (χ0v) is 10.5. The van der Waals surface area contributed by atoms with Gasteiger partial charge in [-0.1, -0.05) is 0 Å². The molecule has 0 aliphatic rings. The van der Waals surface area contributed by atoms with Crippen molar-refractivity contribution in [1.29, 1.82) is 0 Å². The maximum atomic E-state index is 11.3. The zero-order chi connectivity index (χ0) is 12.4. The van der Waals surface area contributed by atoms with Crippen LogP contribution in [0.3, 0.4) is 0 Å². The number of carbonyl (C=O) groups is 1. The molecule has 0 radical (unpaired) electrons. The third-order valence-corrected chi connectivity index (χ3v) is 3.55. The highest BCUT2D eigenvalue weighted by molar-refractivity contribution is 7.10. The summed E-state index contributed by atoms with van der Waals surface area (Å²) in [6.07, 6.45) is 1.56. The minimum Gasteiger partial charge on any atom is -0.464 e. The number of nitrogen functional groups attached to an aromatic ring is 1. The predicted octanol–water partition coefficient (Wildman–Crippen LogP) is 1.67. The number of ether oxygens (including phenoxy) is 1. The molecule has 0 aliphatic heterocycles. The fourth-order valence-electron chi connectivity index (χ4n) is 1.49. The third-order valence-electron chi connectivity index (χ3n) is 2.54.